The molecular formula is C21H22O6. The third-order valence-corrected chi connectivity index (χ3v) is 4.40. The fourth-order valence-electron chi connectivity index (χ4n) is 2.98. The first-order valence-electron chi connectivity index (χ1n) is 8.79. The highest BCUT2D eigenvalue weighted by atomic mass is 16.7. The van der Waals surface area contributed by atoms with Crippen LogP contribution in [-0.4, -0.2) is 43.7 Å². The molecule has 4 atom stereocenters. The summed E-state index contributed by atoms with van der Waals surface area (Å²) in [7, 11) is 1.52. The Bertz CT molecular complexity index is 761. The molecule has 0 amide bonds. The van der Waals surface area contributed by atoms with Crippen LogP contribution in [0.2, 0.25) is 0 Å². The van der Waals surface area contributed by atoms with Crippen LogP contribution in [0.25, 0.3) is 0 Å². The van der Waals surface area contributed by atoms with E-state index in [1.807, 2.05) is 12.1 Å². The molecule has 27 heavy (non-hydrogen) atoms. The molecule has 0 saturated carbocycles. The van der Waals surface area contributed by atoms with Gasteiger partial charge in [-0.2, -0.15) is 0 Å². The summed E-state index contributed by atoms with van der Waals surface area (Å²) in [5, 5.41) is 0. The zero-order chi connectivity index (χ0) is 19.2. The molecule has 1 fully saturated rings. The summed E-state index contributed by atoms with van der Waals surface area (Å²) in [6.45, 7) is 1.76. The Kier molecular flexibility index (Phi) is 6.21. The van der Waals surface area contributed by atoms with Gasteiger partial charge in [-0.3, -0.25) is 0 Å². The number of carbonyl (C=O) groups excluding carboxylic acids is 2. The maximum Gasteiger partial charge on any atom is 0.338 e. The lowest BCUT2D eigenvalue weighted by molar-refractivity contribution is -0.236. The number of benzene rings is 2. The molecule has 0 aromatic heterocycles. The van der Waals surface area contributed by atoms with Gasteiger partial charge < -0.3 is 18.9 Å². The van der Waals surface area contributed by atoms with Crippen molar-refractivity contribution in [2.24, 2.45) is 0 Å². The Morgan fingerprint density at radius 3 is 1.93 bits per heavy atom. The lowest BCUT2D eigenvalue weighted by Crippen LogP contribution is -2.51. The summed E-state index contributed by atoms with van der Waals surface area (Å²) < 4.78 is 22.3. The van der Waals surface area contributed by atoms with Crippen LogP contribution in [0.15, 0.2) is 60.7 Å². The van der Waals surface area contributed by atoms with E-state index in [1.165, 1.54) is 7.11 Å². The second-order valence-electron chi connectivity index (χ2n) is 6.29. The van der Waals surface area contributed by atoms with Gasteiger partial charge in [-0.1, -0.05) is 36.4 Å². The van der Waals surface area contributed by atoms with Crippen molar-refractivity contribution in [2.45, 2.75) is 37.9 Å². The molecule has 0 N–H and O–H groups in total. The lowest BCUT2D eigenvalue weighted by Gasteiger charge is -2.38. The van der Waals surface area contributed by atoms with E-state index < -0.39 is 36.5 Å². The van der Waals surface area contributed by atoms with Crippen LogP contribution in [0.4, 0.5) is 0 Å². The number of ether oxygens (including phenoxy) is 4. The van der Waals surface area contributed by atoms with E-state index in [1.54, 1.807) is 55.5 Å². The Balaban J connectivity index is 1.76. The smallest absolute Gasteiger partial charge is 0.338 e. The van der Waals surface area contributed by atoms with Gasteiger partial charge >= 0.3 is 11.9 Å². The van der Waals surface area contributed by atoms with Crippen LogP contribution < -0.4 is 0 Å². The van der Waals surface area contributed by atoms with Gasteiger partial charge in [0.25, 0.3) is 0 Å². The molecule has 1 aliphatic heterocycles. The Morgan fingerprint density at radius 1 is 0.889 bits per heavy atom. The zero-order valence-electron chi connectivity index (χ0n) is 15.2. The topological polar surface area (TPSA) is 71.1 Å². The molecule has 1 saturated heterocycles. The maximum atomic E-state index is 12.5. The molecule has 0 bridgehead atoms. The van der Waals surface area contributed by atoms with E-state index in [4.69, 9.17) is 18.9 Å². The Labute approximate surface area is 158 Å². The number of rotatable bonds is 5. The van der Waals surface area contributed by atoms with E-state index in [9.17, 15) is 9.59 Å². The van der Waals surface area contributed by atoms with Crippen LogP contribution in [0, 0.1) is 0 Å². The quantitative estimate of drug-likeness (QED) is 0.753. The molecule has 142 valence electrons. The first-order chi connectivity index (χ1) is 13.1. The fraction of sp³-hybridized carbons (Fsp3) is 0.333. The van der Waals surface area contributed by atoms with Gasteiger partial charge in [0.05, 0.1) is 17.2 Å². The minimum absolute atomic E-state index is 0.270. The van der Waals surface area contributed by atoms with Gasteiger partial charge in [-0.15, -0.1) is 0 Å². The monoisotopic (exact) mass is 370 g/mol. The molecule has 1 heterocycles. The molecular weight excluding hydrogens is 348 g/mol. The standard InChI is InChI=1S/C21H22O6/c1-14-19(27-21(23)16-11-7-4-8-12-16)17(13-18(24-2)25-14)26-20(22)15-9-5-3-6-10-15/h3-12,14,17-19H,13H2,1-2H3/t14-,17-,18-,19+/m0/s1. The molecule has 0 radical (unpaired) electrons. The minimum Gasteiger partial charge on any atom is -0.455 e. The molecule has 1 aliphatic rings. The molecule has 3 rings (SSSR count). The highest BCUT2D eigenvalue weighted by molar-refractivity contribution is 5.90. The molecule has 0 aliphatic carbocycles. The molecule has 0 spiro atoms. The van der Waals surface area contributed by atoms with Gasteiger partial charge in [0.1, 0.15) is 6.10 Å². The van der Waals surface area contributed by atoms with E-state index >= 15 is 0 Å². The molecule has 0 unspecified atom stereocenters. The first kappa shape index (κ1) is 19.1. The third-order valence-electron chi connectivity index (χ3n) is 4.40. The Hall–Kier alpha value is -2.70. The summed E-state index contributed by atoms with van der Waals surface area (Å²) in [5.74, 6) is -0.974. The SMILES string of the molecule is CO[C@@H]1C[C@H](OC(=O)c2ccccc2)[C@H](OC(=O)c2ccccc2)[C@H](C)O1. The van der Waals surface area contributed by atoms with Crippen molar-refractivity contribution in [3.05, 3.63) is 71.8 Å². The highest BCUT2D eigenvalue weighted by Gasteiger charge is 2.42. The van der Waals surface area contributed by atoms with Crippen LogP contribution in [0.1, 0.15) is 34.1 Å². The largest absolute Gasteiger partial charge is 0.455 e. The number of hydrogen-bond donors (Lipinski definition) is 0. The number of carbonyl (C=O) groups is 2. The normalized spacial score (nSPS) is 24.8. The summed E-state index contributed by atoms with van der Waals surface area (Å²) in [5.41, 5.74) is 0.852. The zero-order valence-corrected chi connectivity index (χ0v) is 15.2. The van der Waals surface area contributed by atoms with Crippen molar-refractivity contribution in [3.63, 3.8) is 0 Å². The number of methoxy groups -OCH3 is 1. The van der Waals surface area contributed by atoms with Crippen LogP contribution in [-0.2, 0) is 18.9 Å². The third kappa shape index (κ3) is 4.72. The average Bonchev–Trinajstić information content (AvgIpc) is 2.71. The predicted octanol–water partition coefficient (Wildman–Crippen LogP) is 3.22. The molecule has 2 aromatic rings. The van der Waals surface area contributed by atoms with Gasteiger partial charge in [0.15, 0.2) is 12.4 Å². The number of esters is 2. The molecule has 6 nitrogen and oxygen atoms in total. The maximum absolute atomic E-state index is 12.5. The predicted molar refractivity (Wildman–Crippen MR) is 97.3 cm³/mol. The van der Waals surface area contributed by atoms with Gasteiger partial charge in [-0.05, 0) is 31.2 Å². The van der Waals surface area contributed by atoms with Crippen molar-refractivity contribution >= 4 is 11.9 Å². The lowest BCUT2D eigenvalue weighted by atomic mass is 10.0. The first-order valence-corrected chi connectivity index (χ1v) is 8.79. The van der Waals surface area contributed by atoms with Crippen molar-refractivity contribution in [1.82, 2.24) is 0 Å². The number of hydrogen-bond acceptors (Lipinski definition) is 6. The highest BCUT2D eigenvalue weighted by Crippen LogP contribution is 2.27. The summed E-state index contributed by atoms with van der Waals surface area (Å²) in [6, 6.07) is 17.3. The van der Waals surface area contributed by atoms with Crippen molar-refractivity contribution < 1.29 is 28.5 Å². The van der Waals surface area contributed by atoms with Crippen LogP contribution in [0.5, 0.6) is 0 Å². The van der Waals surface area contributed by atoms with Crippen LogP contribution >= 0.6 is 0 Å². The van der Waals surface area contributed by atoms with Crippen LogP contribution in [0.3, 0.4) is 0 Å². The molecule has 6 heteroatoms. The fourth-order valence-corrected chi connectivity index (χ4v) is 2.98. The van der Waals surface area contributed by atoms with E-state index in [2.05, 4.69) is 0 Å². The van der Waals surface area contributed by atoms with Crippen molar-refractivity contribution in [1.29, 1.82) is 0 Å². The van der Waals surface area contributed by atoms with Gasteiger partial charge in [-0.25, -0.2) is 9.59 Å². The van der Waals surface area contributed by atoms with Crippen molar-refractivity contribution in [2.75, 3.05) is 7.11 Å². The van der Waals surface area contributed by atoms with E-state index in [0.717, 1.165) is 0 Å². The average molecular weight is 370 g/mol. The summed E-state index contributed by atoms with van der Waals surface area (Å²) >= 11 is 0. The van der Waals surface area contributed by atoms with E-state index in [-0.39, 0.29) is 6.42 Å². The second kappa shape index (κ2) is 8.79. The van der Waals surface area contributed by atoms with E-state index in [0.29, 0.717) is 11.1 Å². The van der Waals surface area contributed by atoms with Crippen molar-refractivity contribution in [3.8, 4) is 0 Å². The van der Waals surface area contributed by atoms with Gasteiger partial charge in [0.2, 0.25) is 0 Å². The van der Waals surface area contributed by atoms with Gasteiger partial charge in [0, 0.05) is 13.5 Å². The summed E-state index contributed by atoms with van der Waals surface area (Å²) in [4.78, 5) is 24.9. The second-order valence-corrected chi connectivity index (χ2v) is 6.29. The Morgan fingerprint density at radius 2 is 1.41 bits per heavy atom. The summed E-state index contributed by atoms with van der Waals surface area (Å²) in [6.07, 6.45) is -2.19. The molecule has 2 aromatic carbocycles. The minimum atomic E-state index is -0.739.